The zero-order valence-electron chi connectivity index (χ0n) is 19.3. The molecule has 0 saturated carbocycles. The van der Waals surface area contributed by atoms with E-state index in [1.165, 1.54) is 29.5 Å². The molecule has 0 amide bonds. The summed E-state index contributed by atoms with van der Waals surface area (Å²) in [6.07, 6.45) is 4.27. The van der Waals surface area contributed by atoms with E-state index in [4.69, 9.17) is 31.2 Å². The largest absolute Gasteiger partial charge is 0.478 e. The first-order chi connectivity index (χ1) is 17.4. The normalized spacial score (nSPS) is 20.8. The number of carboxylic acid groups (broad SMARTS) is 1. The molecule has 1 saturated heterocycles. The number of halogens is 2. The number of nitrogens with one attached hydrogen (secondary N) is 1. The number of aliphatic carboxylic acids is 1. The van der Waals surface area contributed by atoms with Crippen molar-refractivity contribution >= 4 is 40.7 Å². The van der Waals surface area contributed by atoms with Crippen molar-refractivity contribution in [3.8, 4) is 0 Å². The number of aliphatic imine (C=N–C) groups is 1. The predicted molar refractivity (Wildman–Crippen MR) is 133 cm³/mol. The maximum Gasteiger partial charge on any atom is 0.338 e. The van der Waals surface area contributed by atoms with Gasteiger partial charge in [0.2, 0.25) is 0 Å². The lowest BCUT2D eigenvalue weighted by Crippen LogP contribution is -2.48. The minimum atomic E-state index is -1.06. The first-order valence-corrected chi connectivity index (χ1v) is 12.5. The summed E-state index contributed by atoms with van der Waals surface area (Å²) in [7, 11) is 0. The van der Waals surface area contributed by atoms with Crippen molar-refractivity contribution < 1.29 is 28.6 Å². The summed E-state index contributed by atoms with van der Waals surface area (Å²) < 4.78 is 24.8. The topological polar surface area (TPSA) is 113 Å². The molecule has 0 bridgehead atoms. The van der Waals surface area contributed by atoms with Crippen LogP contribution in [-0.4, -0.2) is 71.7 Å². The van der Waals surface area contributed by atoms with Gasteiger partial charge in [-0.1, -0.05) is 23.7 Å². The van der Waals surface area contributed by atoms with Crippen LogP contribution in [0.15, 0.2) is 58.2 Å². The zero-order valence-corrected chi connectivity index (χ0v) is 20.9. The van der Waals surface area contributed by atoms with Crippen molar-refractivity contribution in [2.24, 2.45) is 4.99 Å². The third-order valence-corrected chi connectivity index (χ3v) is 6.72. The second-order valence-electron chi connectivity index (χ2n) is 7.93. The van der Waals surface area contributed by atoms with Gasteiger partial charge in [0, 0.05) is 47.0 Å². The monoisotopic (exact) mass is 534 g/mol. The van der Waals surface area contributed by atoms with E-state index in [-0.39, 0.29) is 29.8 Å². The maximum absolute atomic E-state index is 13.8. The van der Waals surface area contributed by atoms with E-state index in [1.807, 2.05) is 4.90 Å². The molecule has 1 aromatic heterocycles. The summed E-state index contributed by atoms with van der Waals surface area (Å²) in [4.78, 5) is 35.4. The summed E-state index contributed by atoms with van der Waals surface area (Å²) in [6, 6.07) is 2.73. The van der Waals surface area contributed by atoms with Crippen LogP contribution in [0.1, 0.15) is 23.5 Å². The number of carboxylic acids is 1. The van der Waals surface area contributed by atoms with Gasteiger partial charge in [0.15, 0.2) is 10.8 Å². The molecule has 2 aromatic rings. The van der Waals surface area contributed by atoms with Gasteiger partial charge in [0.05, 0.1) is 31.4 Å². The number of hydrogen-bond donors (Lipinski definition) is 2. The lowest BCUT2D eigenvalue weighted by atomic mass is 9.95. The third-order valence-electron chi connectivity index (χ3n) is 5.62. The van der Waals surface area contributed by atoms with Gasteiger partial charge in [-0.2, -0.15) is 0 Å². The molecule has 0 radical (unpaired) electrons. The first-order valence-electron chi connectivity index (χ1n) is 11.2. The van der Waals surface area contributed by atoms with Gasteiger partial charge >= 0.3 is 11.9 Å². The number of esters is 1. The summed E-state index contributed by atoms with van der Waals surface area (Å²) in [5.74, 6) is -1.72. The Morgan fingerprint density at radius 2 is 2.28 bits per heavy atom. The number of nitrogens with zero attached hydrogens (tertiary/aromatic N) is 3. The van der Waals surface area contributed by atoms with Crippen LogP contribution in [0.4, 0.5) is 4.39 Å². The van der Waals surface area contributed by atoms with E-state index in [2.05, 4.69) is 10.3 Å². The lowest BCUT2D eigenvalue weighted by molar-refractivity contribution is -0.139. The summed E-state index contributed by atoms with van der Waals surface area (Å²) in [6.45, 7) is 3.33. The number of rotatable bonds is 8. The number of carbonyl (C=O) groups is 2. The van der Waals surface area contributed by atoms with Crippen molar-refractivity contribution in [2.45, 2.75) is 19.0 Å². The van der Waals surface area contributed by atoms with Crippen LogP contribution < -0.4 is 5.32 Å². The van der Waals surface area contributed by atoms with Crippen molar-refractivity contribution in [1.82, 2.24) is 15.2 Å². The molecule has 3 heterocycles. The molecule has 2 atom stereocenters. The Hall–Kier alpha value is -3.12. The fraction of sp³-hybridized carbons (Fsp3) is 0.333. The molecule has 1 fully saturated rings. The van der Waals surface area contributed by atoms with Gasteiger partial charge < -0.3 is 19.9 Å². The molecule has 1 unspecified atom stereocenters. The number of aromatic nitrogens is 1. The zero-order chi connectivity index (χ0) is 25.7. The van der Waals surface area contributed by atoms with E-state index in [1.54, 1.807) is 24.6 Å². The Bertz CT molecular complexity index is 1220. The van der Waals surface area contributed by atoms with Gasteiger partial charge in [0.1, 0.15) is 11.9 Å². The van der Waals surface area contributed by atoms with Gasteiger partial charge in [0.25, 0.3) is 0 Å². The number of hydrogen-bond acceptors (Lipinski definition) is 9. The fourth-order valence-electron chi connectivity index (χ4n) is 3.99. The minimum absolute atomic E-state index is 0.124. The standard InChI is InChI=1S/C24H24ClFN4O5S/c1-2-35-24(33)20-18(12-30-8-9-34-13-15(30)4-6-19(31)32)28-22(23-27-7-10-36-23)29-21(20)16-5-3-14(26)11-17(16)25/h3-7,10-11,15,21H,2,8-9,12-13H2,1H3,(H,28,29)(H,31,32)/b6-4+/t15?,21-/m0/s1. The van der Waals surface area contributed by atoms with Crippen LogP contribution in [-0.2, 0) is 19.1 Å². The molecule has 9 nitrogen and oxygen atoms in total. The van der Waals surface area contributed by atoms with Crippen LogP contribution in [0.5, 0.6) is 0 Å². The summed E-state index contributed by atoms with van der Waals surface area (Å²) >= 11 is 7.77. The molecule has 1 aromatic carbocycles. The maximum atomic E-state index is 13.8. The summed E-state index contributed by atoms with van der Waals surface area (Å²) in [5.41, 5.74) is 1.19. The van der Waals surface area contributed by atoms with Gasteiger partial charge in [-0.05, 0) is 19.1 Å². The number of amidine groups is 1. The lowest BCUT2D eigenvalue weighted by Gasteiger charge is -2.36. The Morgan fingerprint density at radius 3 is 2.97 bits per heavy atom. The second-order valence-corrected chi connectivity index (χ2v) is 9.23. The Balaban J connectivity index is 1.80. The Labute approximate surface area is 215 Å². The fourth-order valence-corrected chi connectivity index (χ4v) is 4.85. The van der Waals surface area contributed by atoms with Gasteiger partial charge in [-0.25, -0.2) is 19.0 Å². The van der Waals surface area contributed by atoms with Gasteiger partial charge in [-0.3, -0.25) is 9.89 Å². The number of carbonyl (C=O) groups excluding carboxylic acids is 1. The number of morpholine rings is 1. The van der Waals surface area contributed by atoms with Crippen molar-refractivity contribution in [2.75, 3.05) is 32.9 Å². The molecule has 0 aliphatic carbocycles. The highest BCUT2D eigenvalue weighted by atomic mass is 35.5. The molecule has 36 heavy (non-hydrogen) atoms. The van der Waals surface area contributed by atoms with E-state index in [9.17, 15) is 14.0 Å². The molecule has 0 spiro atoms. The number of ether oxygens (including phenoxy) is 2. The molecular formula is C24H24ClFN4O5S. The molecule has 190 valence electrons. The molecule has 4 rings (SSSR count). The molecule has 12 heteroatoms. The van der Waals surface area contributed by atoms with Gasteiger partial charge in [-0.15, -0.1) is 11.3 Å². The molecule has 2 aliphatic heterocycles. The Kier molecular flexibility index (Phi) is 8.47. The van der Waals surface area contributed by atoms with Crippen LogP contribution in [0, 0.1) is 5.82 Å². The van der Waals surface area contributed by atoms with Crippen LogP contribution >= 0.6 is 22.9 Å². The molecule has 2 N–H and O–H groups in total. The van der Waals surface area contributed by atoms with Crippen LogP contribution in [0.2, 0.25) is 5.02 Å². The van der Waals surface area contributed by atoms with E-state index < -0.39 is 23.8 Å². The summed E-state index contributed by atoms with van der Waals surface area (Å²) in [5, 5.41) is 14.9. The third kappa shape index (κ3) is 5.98. The van der Waals surface area contributed by atoms with Crippen molar-refractivity contribution in [1.29, 1.82) is 0 Å². The van der Waals surface area contributed by atoms with E-state index in [0.717, 1.165) is 6.08 Å². The minimum Gasteiger partial charge on any atom is -0.478 e. The highest BCUT2D eigenvalue weighted by molar-refractivity contribution is 7.11. The average Bonchev–Trinajstić information content (AvgIpc) is 3.38. The molecule has 2 aliphatic rings. The van der Waals surface area contributed by atoms with Crippen molar-refractivity contribution in [3.05, 3.63) is 74.6 Å². The van der Waals surface area contributed by atoms with Crippen LogP contribution in [0.3, 0.4) is 0 Å². The van der Waals surface area contributed by atoms with Crippen LogP contribution in [0.25, 0.3) is 0 Å². The van der Waals surface area contributed by atoms with E-state index in [0.29, 0.717) is 41.9 Å². The second kappa shape index (κ2) is 11.7. The average molecular weight is 535 g/mol. The highest BCUT2D eigenvalue weighted by Gasteiger charge is 2.35. The SMILES string of the molecule is CCOC(=O)C1=C(CN2CCOCC2/C=C/C(=O)O)NC(c2nccs2)=N[C@H]1c1ccc(F)cc1Cl. The molecular weight excluding hydrogens is 511 g/mol. The Morgan fingerprint density at radius 1 is 1.44 bits per heavy atom. The predicted octanol–water partition coefficient (Wildman–Crippen LogP) is 3.19. The number of thiazole rings is 1. The number of benzene rings is 1. The highest BCUT2D eigenvalue weighted by Crippen LogP contribution is 2.37. The quantitative estimate of drug-likeness (QED) is 0.392. The van der Waals surface area contributed by atoms with Crippen molar-refractivity contribution in [3.63, 3.8) is 0 Å². The smallest absolute Gasteiger partial charge is 0.338 e. The first kappa shape index (κ1) is 26.0. The van der Waals surface area contributed by atoms with E-state index >= 15 is 0 Å².